The Labute approximate surface area is 110 Å². The fraction of sp³-hybridized carbons (Fsp3) is 0.333. The van der Waals surface area contributed by atoms with E-state index in [1.54, 1.807) is 23.6 Å². The second kappa shape index (κ2) is 4.65. The van der Waals surface area contributed by atoms with Crippen molar-refractivity contribution in [2.45, 2.75) is 13.0 Å². The predicted molar refractivity (Wildman–Crippen MR) is 71.1 cm³/mol. The first-order valence-corrected chi connectivity index (χ1v) is 7.72. The van der Waals surface area contributed by atoms with Crippen molar-refractivity contribution < 1.29 is 18.3 Å². The van der Waals surface area contributed by atoms with E-state index in [1.165, 1.54) is 12.4 Å². The molecule has 1 aromatic carbocycles. The van der Waals surface area contributed by atoms with Gasteiger partial charge < -0.3 is 9.67 Å². The molecule has 0 fully saturated rings. The van der Waals surface area contributed by atoms with Gasteiger partial charge in [-0.15, -0.1) is 0 Å². The molecule has 0 aliphatic carbocycles. The number of carbonyl (C=O) groups is 1. The fourth-order valence-corrected chi connectivity index (χ4v) is 3.15. The van der Waals surface area contributed by atoms with Crippen LogP contribution in [0.1, 0.15) is 23.3 Å². The Morgan fingerprint density at radius 2 is 2.16 bits per heavy atom. The molecule has 0 radical (unpaired) electrons. The number of rotatable bonds is 4. The highest BCUT2D eigenvalue weighted by atomic mass is 32.2. The molecule has 1 heterocycles. The number of para-hydroxylation sites is 1. The minimum absolute atomic E-state index is 0.0631. The maximum absolute atomic E-state index is 11.3. The molecule has 0 aliphatic heterocycles. The predicted octanol–water partition coefficient (Wildman–Crippen LogP) is 1.34. The number of hydrogen-bond donors (Lipinski definition) is 1. The van der Waals surface area contributed by atoms with Crippen LogP contribution in [0.5, 0.6) is 0 Å². The Balaban J connectivity index is 2.58. The van der Waals surface area contributed by atoms with Gasteiger partial charge >= 0.3 is 5.97 Å². The lowest BCUT2D eigenvalue weighted by Gasteiger charge is -2.14. The van der Waals surface area contributed by atoms with Crippen LogP contribution in [0.3, 0.4) is 0 Å². The first-order chi connectivity index (χ1) is 8.79. The molecule has 1 atom stereocenters. The van der Waals surface area contributed by atoms with E-state index >= 15 is 0 Å². The molecule has 6 nitrogen and oxygen atoms in total. The van der Waals surface area contributed by atoms with Crippen LogP contribution in [-0.2, 0) is 9.84 Å². The van der Waals surface area contributed by atoms with E-state index in [9.17, 15) is 18.3 Å². The van der Waals surface area contributed by atoms with E-state index < -0.39 is 15.8 Å². The molecule has 0 saturated carbocycles. The van der Waals surface area contributed by atoms with Crippen LogP contribution in [0.25, 0.3) is 11.0 Å². The molecule has 0 amide bonds. The molecule has 7 heteroatoms. The molecule has 102 valence electrons. The van der Waals surface area contributed by atoms with Gasteiger partial charge in [0.1, 0.15) is 9.84 Å². The van der Waals surface area contributed by atoms with Crippen molar-refractivity contribution in [1.29, 1.82) is 0 Å². The molecule has 0 saturated heterocycles. The van der Waals surface area contributed by atoms with Crippen LogP contribution in [0.2, 0.25) is 0 Å². The van der Waals surface area contributed by atoms with Crippen LogP contribution in [0, 0.1) is 0 Å². The van der Waals surface area contributed by atoms with E-state index in [2.05, 4.69) is 4.98 Å². The van der Waals surface area contributed by atoms with Crippen molar-refractivity contribution in [3.63, 3.8) is 0 Å². The zero-order chi connectivity index (χ0) is 14.2. The summed E-state index contributed by atoms with van der Waals surface area (Å²) in [5.74, 6) is -1.12. The van der Waals surface area contributed by atoms with E-state index in [0.717, 1.165) is 6.26 Å². The normalized spacial score (nSPS) is 13.6. The molecule has 0 aliphatic rings. The Kier molecular flexibility index (Phi) is 3.32. The van der Waals surface area contributed by atoms with Crippen LogP contribution in [0.15, 0.2) is 24.5 Å². The third-order valence-corrected chi connectivity index (χ3v) is 3.93. The molecule has 1 aromatic heterocycles. The Hall–Kier alpha value is -1.89. The van der Waals surface area contributed by atoms with Gasteiger partial charge in [0.05, 0.1) is 28.7 Å². The van der Waals surface area contributed by atoms with Gasteiger partial charge in [-0.3, -0.25) is 0 Å². The van der Waals surface area contributed by atoms with E-state index in [0.29, 0.717) is 11.0 Å². The molecule has 19 heavy (non-hydrogen) atoms. The lowest BCUT2D eigenvalue weighted by molar-refractivity contribution is 0.0698. The maximum atomic E-state index is 11.3. The summed E-state index contributed by atoms with van der Waals surface area (Å²) in [7, 11) is -3.15. The summed E-state index contributed by atoms with van der Waals surface area (Å²) in [5.41, 5.74) is 1.11. The Morgan fingerprint density at radius 3 is 2.74 bits per heavy atom. The summed E-state index contributed by atoms with van der Waals surface area (Å²) < 4.78 is 24.3. The third-order valence-electron chi connectivity index (χ3n) is 2.84. The van der Waals surface area contributed by atoms with Gasteiger partial charge in [-0.05, 0) is 19.1 Å². The van der Waals surface area contributed by atoms with Crippen molar-refractivity contribution in [3.05, 3.63) is 30.1 Å². The lowest BCUT2D eigenvalue weighted by atomic mass is 10.1. The van der Waals surface area contributed by atoms with Crippen molar-refractivity contribution in [2.75, 3.05) is 12.0 Å². The molecule has 1 N–H and O–H groups in total. The number of aromatic carboxylic acids is 1. The number of fused-ring (bicyclic) bond motifs is 1. The summed E-state index contributed by atoms with van der Waals surface area (Å²) >= 11 is 0. The highest BCUT2D eigenvalue weighted by Crippen LogP contribution is 2.22. The highest BCUT2D eigenvalue weighted by Gasteiger charge is 2.18. The molecule has 1 unspecified atom stereocenters. The van der Waals surface area contributed by atoms with Crippen LogP contribution in [-0.4, -0.2) is 41.1 Å². The zero-order valence-corrected chi connectivity index (χ0v) is 11.4. The van der Waals surface area contributed by atoms with Crippen molar-refractivity contribution >= 4 is 26.8 Å². The summed E-state index contributed by atoms with van der Waals surface area (Å²) in [4.78, 5) is 15.3. The molecule has 0 bridgehead atoms. The van der Waals surface area contributed by atoms with Crippen molar-refractivity contribution in [1.82, 2.24) is 9.55 Å². The van der Waals surface area contributed by atoms with Gasteiger partial charge in [0, 0.05) is 12.3 Å². The largest absolute Gasteiger partial charge is 0.478 e. The summed E-state index contributed by atoms with van der Waals surface area (Å²) in [6, 6.07) is 4.42. The summed E-state index contributed by atoms with van der Waals surface area (Å²) in [5, 5.41) is 9.18. The number of hydrogen-bond acceptors (Lipinski definition) is 4. The number of imidazole rings is 1. The first-order valence-electron chi connectivity index (χ1n) is 5.66. The SMILES string of the molecule is CC(CS(C)(=O)=O)n1cnc2cccc(C(=O)O)c21. The van der Waals surface area contributed by atoms with Gasteiger partial charge in [-0.2, -0.15) is 0 Å². The number of carboxylic acids is 1. The van der Waals surface area contributed by atoms with Crippen molar-refractivity contribution in [2.24, 2.45) is 0 Å². The summed E-state index contributed by atoms with van der Waals surface area (Å²) in [6.45, 7) is 1.72. The average Bonchev–Trinajstić information content (AvgIpc) is 2.69. The Bertz CT molecular complexity index is 733. The molecule has 2 aromatic rings. The van der Waals surface area contributed by atoms with E-state index in [1.807, 2.05) is 0 Å². The standard InChI is InChI=1S/C12H14N2O4S/c1-8(6-19(2,17)18)14-7-13-10-5-3-4-9(11(10)14)12(15)16/h3-5,7-8H,6H2,1-2H3,(H,15,16). The quantitative estimate of drug-likeness (QED) is 0.914. The molecule has 2 rings (SSSR count). The number of benzene rings is 1. The van der Waals surface area contributed by atoms with Crippen LogP contribution < -0.4 is 0 Å². The van der Waals surface area contributed by atoms with E-state index in [4.69, 9.17) is 0 Å². The molecular formula is C12H14N2O4S. The van der Waals surface area contributed by atoms with Gasteiger partial charge in [0.25, 0.3) is 0 Å². The van der Waals surface area contributed by atoms with E-state index in [-0.39, 0.29) is 17.4 Å². The topological polar surface area (TPSA) is 89.3 Å². The van der Waals surface area contributed by atoms with Gasteiger partial charge in [0.15, 0.2) is 0 Å². The third kappa shape index (κ3) is 2.76. The zero-order valence-electron chi connectivity index (χ0n) is 10.6. The minimum atomic E-state index is -3.15. The number of carboxylic acid groups (broad SMARTS) is 1. The number of sulfone groups is 1. The second-order valence-corrected chi connectivity index (χ2v) is 6.76. The second-order valence-electron chi connectivity index (χ2n) is 4.57. The minimum Gasteiger partial charge on any atom is -0.478 e. The number of nitrogens with zero attached hydrogens (tertiary/aromatic N) is 2. The Morgan fingerprint density at radius 1 is 1.47 bits per heavy atom. The average molecular weight is 282 g/mol. The first kappa shape index (κ1) is 13.5. The molecule has 0 spiro atoms. The van der Waals surface area contributed by atoms with Gasteiger partial charge in [0.2, 0.25) is 0 Å². The van der Waals surface area contributed by atoms with Crippen LogP contribution >= 0.6 is 0 Å². The summed E-state index contributed by atoms with van der Waals surface area (Å²) in [6.07, 6.45) is 2.63. The highest BCUT2D eigenvalue weighted by molar-refractivity contribution is 7.90. The van der Waals surface area contributed by atoms with Gasteiger partial charge in [-0.25, -0.2) is 18.2 Å². The maximum Gasteiger partial charge on any atom is 0.337 e. The lowest BCUT2D eigenvalue weighted by Crippen LogP contribution is -2.16. The number of aromatic nitrogens is 2. The molecular weight excluding hydrogens is 268 g/mol. The van der Waals surface area contributed by atoms with Crippen LogP contribution in [0.4, 0.5) is 0 Å². The van der Waals surface area contributed by atoms with Crippen molar-refractivity contribution in [3.8, 4) is 0 Å². The monoisotopic (exact) mass is 282 g/mol. The fourth-order valence-electron chi connectivity index (χ4n) is 2.11. The smallest absolute Gasteiger partial charge is 0.337 e. The van der Waals surface area contributed by atoms with Gasteiger partial charge in [-0.1, -0.05) is 6.07 Å².